The van der Waals surface area contributed by atoms with E-state index in [0.717, 1.165) is 16.0 Å². The van der Waals surface area contributed by atoms with Crippen molar-refractivity contribution in [2.24, 2.45) is 0 Å². The van der Waals surface area contributed by atoms with Gasteiger partial charge in [0.05, 0.1) is 12.3 Å². The van der Waals surface area contributed by atoms with Crippen LogP contribution in [0.15, 0.2) is 70.6 Å². The molecular weight excluding hydrogens is 386 g/mol. The third-order valence-corrected chi connectivity index (χ3v) is 5.43. The number of aryl methyl sites for hydroxylation is 1. The van der Waals surface area contributed by atoms with Crippen molar-refractivity contribution in [2.45, 2.75) is 23.6 Å². The normalized spacial score (nSPS) is 11.0. The topological polar surface area (TPSA) is 76.7 Å². The SMILES string of the molecule is CCOC(=O)c1cnc2c(-c3ccc(Sc4ccccc4)cc3)c(C)nn2c1O. The number of hydrogen-bond acceptors (Lipinski definition) is 6. The molecule has 4 rings (SSSR count). The summed E-state index contributed by atoms with van der Waals surface area (Å²) < 4.78 is 6.24. The van der Waals surface area contributed by atoms with Crippen LogP contribution in [0.3, 0.4) is 0 Å². The number of hydrogen-bond donors (Lipinski definition) is 1. The van der Waals surface area contributed by atoms with Crippen LogP contribution in [-0.2, 0) is 4.74 Å². The van der Waals surface area contributed by atoms with Crippen molar-refractivity contribution in [3.63, 3.8) is 0 Å². The van der Waals surface area contributed by atoms with Crippen LogP contribution in [0.1, 0.15) is 23.0 Å². The molecule has 0 saturated carbocycles. The minimum atomic E-state index is -0.628. The Balaban J connectivity index is 1.69. The molecule has 0 amide bonds. The number of esters is 1. The number of nitrogens with zero attached hydrogens (tertiary/aromatic N) is 3. The van der Waals surface area contributed by atoms with Crippen molar-refractivity contribution >= 4 is 23.4 Å². The van der Waals surface area contributed by atoms with Crippen LogP contribution in [0.5, 0.6) is 5.88 Å². The van der Waals surface area contributed by atoms with E-state index in [4.69, 9.17) is 4.74 Å². The first-order valence-electron chi connectivity index (χ1n) is 9.16. The fourth-order valence-corrected chi connectivity index (χ4v) is 3.92. The van der Waals surface area contributed by atoms with Gasteiger partial charge in [-0.25, -0.2) is 9.78 Å². The molecule has 0 spiro atoms. The summed E-state index contributed by atoms with van der Waals surface area (Å²) in [5.74, 6) is -0.907. The number of carbonyl (C=O) groups is 1. The highest BCUT2D eigenvalue weighted by Gasteiger charge is 2.21. The summed E-state index contributed by atoms with van der Waals surface area (Å²) in [4.78, 5) is 18.7. The molecule has 2 heterocycles. The van der Waals surface area contributed by atoms with Crippen LogP contribution < -0.4 is 0 Å². The zero-order valence-corrected chi connectivity index (χ0v) is 16.8. The van der Waals surface area contributed by atoms with Crippen LogP contribution >= 0.6 is 11.8 Å². The maximum Gasteiger partial charge on any atom is 0.345 e. The van der Waals surface area contributed by atoms with E-state index in [2.05, 4.69) is 22.2 Å². The molecule has 6 nitrogen and oxygen atoms in total. The Morgan fingerprint density at radius 2 is 1.79 bits per heavy atom. The van der Waals surface area contributed by atoms with Gasteiger partial charge in [0.25, 0.3) is 0 Å². The molecule has 0 aliphatic carbocycles. The Labute approximate surface area is 172 Å². The van der Waals surface area contributed by atoms with E-state index in [-0.39, 0.29) is 18.1 Å². The van der Waals surface area contributed by atoms with E-state index in [1.807, 2.05) is 49.4 Å². The van der Waals surface area contributed by atoms with Gasteiger partial charge in [0.1, 0.15) is 5.56 Å². The standard InChI is InChI=1S/C22H19N3O3S/c1-3-28-22(27)18-13-23-20-19(14(2)24-25(20)21(18)26)15-9-11-17(12-10-15)29-16-7-5-4-6-8-16/h4-13,26H,3H2,1-2H3. The molecular formula is C22H19N3O3S. The monoisotopic (exact) mass is 405 g/mol. The summed E-state index contributed by atoms with van der Waals surface area (Å²) in [6.07, 6.45) is 1.33. The maximum absolute atomic E-state index is 12.0. The molecule has 0 unspecified atom stereocenters. The minimum Gasteiger partial charge on any atom is -0.493 e. The number of rotatable bonds is 5. The summed E-state index contributed by atoms with van der Waals surface area (Å²) in [7, 11) is 0. The van der Waals surface area contributed by atoms with Gasteiger partial charge in [-0.1, -0.05) is 42.1 Å². The maximum atomic E-state index is 12.0. The molecule has 7 heteroatoms. The van der Waals surface area contributed by atoms with Crippen LogP contribution in [0.4, 0.5) is 0 Å². The van der Waals surface area contributed by atoms with Gasteiger partial charge >= 0.3 is 5.97 Å². The predicted octanol–water partition coefficient (Wildman–Crippen LogP) is 4.74. The van der Waals surface area contributed by atoms with Gasteiger partial charge in [0.2, 0.25) is 5.88 Å². The molecule has 1 N–H and O–H groups in total. The Morgan fingerprint density at radius 3 is 2.48 bits per heavy atom. The molecule has 0 fully saturated rings. The third-order valence-electron chi connectivity index (χ3n) is 4.41. The highest BCUT2D eigenvalue weighted by atomic mass is 32.2. The fourth-order valence-electron chi connectivity index (χ4n) is 3.08. The fraction of sp³-hybridized carbons (Fsp3) is 0.136. The number of ether oxygens (including phenoxy) is 1. The second kappa shape index (κ2) is 7.97. The van der Waals surface area contributed by atoms with Gasteiger partial charge in [0, 0.05) is 21.6 Å². The molecule has 0 aliphatic rings. The van der Waals surface area contributed by atoms with E-state index in [0.29, 0.717) is 11.3 Å². The molecule has 0 bridgehead atoms. The van der Waals surface area contributed by atoms with Gasteiger partial charge in [-0.15, -0.1) is 0 Å². The van der Waals surface area contributed by atoms with E-state index >= 15 is 0 Å². The van der Waals surface area contributed by atoms with Crippen molar-refractivity contribution in [1.29, 1.82) is 0 Å². The molecule has 4 aromatic rings. The van der Waals surface area contributed by atoms with E-state index in [9.17, 15) is 9.90 Å². The zero-order valence-electron chi connectivity index (χ0n) is 16.0. The Morgan fingerprint density at radius 1 is 1.10 bits per heavy atom. The van der Waals surface area contributed by atoms with Crippen molar-refractivity contribution in [1.82, 2.24) is 14.6 Å². The lowest BCUT2D eigenvalue weighted by Crippen LogP contribution is -2.08. The lowest BCUT2D eigenvalue weighted by atomic mass is 10.1. The smallest absolute Gasteiger partial charge is 0.345 e. The highest BCUT2D eigenvalue weighted by Crippen LogP contribution is 2.33. The van der Waals surface area contributed by atoms with Crippen LogP contribution in [-0.4, -0.2) is 32.3 Å². The average Bonchev–Trinajstić information content (AvgIpc) is 3.07. The average molecular weight is 405 g/mol. The Hall–Kier alpha value is -3.32. The van der Waals surface area contributed by atoms with Crippen LogP contribution in [0, 0.1) is 6.92 Å². The summed E-state index contributed by atoms with van der Waals surface area (Å²) in [5, 5.41) is 14.9. The number of fused-ring (bicyclic) bond motifs is 1. The first kappa shape index (κ1) is 19.0. The zero-order chi connectivity index (χ0) is 20.4. The molecule has 0 atom stereocenters. The molecule has 2 aromatic carbocycles. The predicted molar refractivity (Wildman–Crippen MR) is 111 cm³/mol. The lowest BCUT2D eigenvalue weighted by molar-refractivity contribution is 0.0521. The van der Waals surface area contributed by atoms with Gasteiger partial charge < -0.3 is 9.84 Å². The van der Waals surface area contributed by atoms with E-state index < -0.39 is 5.97 Å². The number of carbonyl (C=O) groups excluding carboxylic acids is 1. The lowest BCUT2D eigenvalue weighted by Gasteiger charge is -2.06. The summed E-state index contributed by atoms with van der Waals surface area (Å²) >= 11 is 1.69. The summed E-state index contributed by atoms with van der Waals surface area (Å²) in [6, 6.07) is 18.3. The molecule has 0 radical (unpaired) electrons. The van der Waals surface area contributed by atoms with E-state index in [1.54, 1.807) is 18.7 Å². The second-order valence-electron chi connectivity index (χ2n) is 6.35. The first-order valence-corrected chi connectivity index (χ1v) is 9.98. The molecule has 0 aliphatic heterocycles. The quantitative estimate of drug-likeness (QED) is 0.484. The number of aromatic hydroxyl groups is 1. The van der Waals surface area contributed by atoms with Crippen LogP contribution in [0.25, 0.3) is 16.8 Å². The van der Waals surface area contributed by atoms with Gasteiger partial charge in [0.15, 0.2) is 5.65 Å². The van der Waals surface area contributed by atoms with Gasteiger partial charge in [-0.05, 0) is 43.7 Å². The number of benzene rings is 2. The molecule has 29 heavy (non-hydrogen) atoms. The van der Waals surface area contributed by atoms with E-state index in [1.165, 1.54) is 15.6 Å². The molecule has 2 aromatic heterocycles. The van der Waals surface area contributed by atoms with Crippen molar-refractivity contribution in [3.05, 3.63) is 72.1 Å². The third kappa shape index (κ3) is 3.69. The van der Waals surface area contributed by atoms with Gasteiger partial charge in [-0.2, -0.15) is 9.61 Å². The second-order valence-corrected chi connectivity index (χ2v) is 7.50. The highest BCUT2D eigenvalue weighted by molar-refractivity contribution is 7.99. The van der Waals surface area contributed by atoms with Gasteiger partial charge in [-0.3, -0.25) is 0 Å². The van der Waals surface area contributed by atoms with Crippen molar-refractivity contribution in [2.75, 3.05) is 6.61 Å². The summed E-state index contributed by atoms with van der Waals surface area (Å²) in [6.45, 7) is 3.77. The molecule has 146 valence electrons. The summed E-state index contributed by atoms with van der Waals surface area (Å²) in [5.41, 5.74) is 2.93. The first-order chi connectivity index (χ1) is 14.1. The van der Waals surface area contributed by atoms with Crippen molar-refractivity contribution < 1.29 is 14.6 Å². The molecule has 0 saturated heterocycles. The minimum absolute atomic E-state index is 0.0111. The Bertz CT molecular complexity index is 1170. The Kier molecular flexibility index (Phi) is 5.22. The van der Waals surface area contributed by atoms with Crippen molar-refractivity contribution in [3.8, 4) is 17.0 Å². The largest absolute Gasteiger partial charge is 0.493 e. The number of aromatic nitrogens is 3. The van der Waals surface area contributed by atoms with Crippen LogP contribution in [0.2, 0.25) is 0 Å².